The molecule has 4 aliphatic rings. The Kier molecular flexibility index (Phi) is 3.73. The molecule has 6 rings (SSSR count). The Morgan fingerprint density at radius 3 is 2.81 bits per heavy atom. The number of aliphatic imine (C=N–C) groups is 1. The van der Waals surface area contributed by atoms with Gasteiger partial charge in [0.25, 0.3) is 5.56 Å². The van der Waals surface area contributed by atoms with Gasteiger partial charge in [0.1, 0.15) is 18.5 Å². The van der Waals surface area contributed by atoms with Crippen LogP contribution in [0.25, 0.3) is 10.9 Å². The lowest BCUT2D eigenvalue weighted by molar-refractivity contribution is -0.137. The molecule has 0 N–H and O–H groups in total. The van der Waals surface area contributed by atoms with Crippen molar-refractivity contribution in [3.8, 4) is 0 Å². The van der Waals surface area contributed by atoms with E-state index in [4.69, 9.17) is 9.98 Å². The Bertz CT molecular complexity index is 1360. The van der Waals surface area contributed by atoms with Crippen LogP contribution in [0.2, 0.25) is 0 Å². The number of aromatic nitrogens is 2. The Balaban J connectivity index is 1.62. The number of rotatable bonds is 2. The average molecular weight is 427 g/mol. The third-order valence-electron chi connectivity index (χ3n) is 8.10. The van der Waals surface area contributed by atoms with Crippen LogP contribution in [0.5, 0.6) is 0 Å². The highest BCUT2D eigenvalue weighted by Crippen LogP contribution is 2.65. The third kappa shape index (κ3) is 2.15. The molecule has 3 aliphatic heterocycles. The van der Waals surface area contributed by atoms with E-state index in [0.717, 1.165) is 5.71 Å². The number of para-hydroxylation sites is 1. The van der Waals surface area contributed by atoms with Gasteiger partial charge >= 0.3 is 0 Å². The van der Waals surface area contributed by atoms with Crippen molar-refractivity contribution in [3.63, 3.8) is 0 Å². The molecule has 6 heteroatoms. The first kappa shape index (κ1) is 19.4. The molecule has 4 atom stereocenters. The number of hydrogen-bond acceptors (Lipinski definition) is 4. The molecule has 32 heavy (non-hydrogen) atoms. The molecule has 1 unspecified atom stereocenters. The van der Waals surface area contributed by atoms with Crippen LogP contribution in [0.3, 0.4) is 0 Å². The molecule has 0 radical (unpaired) electrons. The minimum absolute atomic E-state index is 0.00129. The van der Waals surface area contributed by atoms with Crippen LogP contribution in [-0.4, -0.2) is 32.2 Å². The van der Waals surface area contributed by atoms with Crippen LogP contribution in [-0.2, 0) is 11.3 Å². The first-order valence-corrected chi connectivity index (χ1v) is 11.2. The zero-order valence-corrected chi connectivity index (χ0v) is 18.6. The van der Waals surface area contributed by atoms with Gasteiger partial charge in [-0.2, -0.15) is 0 Å². The van der Waals surface area contributed by atoms with Gasteiger partial charge in [0.15, 0.2) is 0 Å². The van der Waals surface area contributed by atoms with Gasteiger partial charge in [-0.25, -0.2) is 4.98 Å². The minimum atomic E-state index is -0.415. The molecule has 0 saturated carbocycles. The van der Waals surface area contributed by atoms with Crippen molar-refractivity contribution < 1.29 is 4.79 Å². The summed E-state index contributed by atoms with van der Waals surface area (Å²) in [7, 11) is 0. The number of carbonyl (C=O) groups excluding carboxylic acids is 1. The summed E-state index contributed by atoms with van der Waals surface area (Å²) in [6.45, 7) is 10.7. The van der Waals surface area contributed by atoms with Crippen molar-refractivity contribution >= 4 is 22.5 Å². The molecule has 0 bridgehead atoms. The molecule has 1 aromatic heterocycles. The fourth-order valence-corrected chi connectivity index (χ4v) is 6.23. The molecule has 0 spiro atoms. The van der Waals surface area contributed by atoms with E-state index in [0.29, 0.717) is 23.1 Å². The van der Waals surface area contributed by atoms with E-state index in [1.54, 1.807) is 10.6 Å². The fourth-order valence-electron chi connectivity index (χ4n) is 6.23. The van der Waals surface area contributed by atoms with E-state index >= 15 is 0 Å². The Morgan fingerprint density at radius 1 is 1.25 bits per heavy atom. The second-order valence-corrected chi connectivity index (χ2v) is 9.94. The summed E-state index contributed by atoms with van der Waals surface area (Å²) in [6.07, 6.45) is 8.74. The number of nitrogens with zero attached hydrogens (tertiary/aromatic N) is 4. The molecule has 1 saturated heterocycles. The molecule has 1 aromatic carbocycles. The van der Waals surface area contributed by atoms with Gasteiger partial charge in [-0.1, -0.05) is 57.2 Å². The first-order chi connectivity index (χ1) is 15.3. The number of benzene rings is 1. The number of allylic oxidation sites excluding steroid dienone is 4. The Morgan fingerprint density at radius 2 is 2.03 bits per heavy atom. The third-order valence-corrected chi connectivity index (χ3v) is 8.10. The van der Waals surface area contributed by atoms with E-state index in [-0.39, 0.29) is 41.6 Å². The summed E-state index contributed by atoms with van der Waals surface area (Å²) < 4.78 is 1.57. The van der Waals surface area contributed by atoms with E-state index in [2.05, 4.69) is 45.6 Å². The lowest BCUT2D eigenvalue weighted by Crippen LogP contribution is -2.50. The van der Waals surface area contributed by atoms with Gasteiger partial charge in [0.05, 0.1) is 16.9 Å². The van der Waals surface area contributed by atoms with Gasteiger partial charge < -0.3 is 4.90 Å². The summed E-state index contributed by atoms with van der Waals surface area (Å²) in [5.41, 5.74) is 2.05. The van der Waals surface area contributed by atoms with E-state index < -0.39 is 5.41 Å². The second kappa shape index (κ2) is 6.15. The largest absolute Gasteiger partial charge is 0.308 e. The molecule has 162 valence electrons. The standard InChI is InChI=1S/C26H26N4O2/c1-5-25(3,4)26-13-19-22-27-18-12-7-6-10-16(18)23(32)29(22)14-20(31)30(19)24(26)28-21-15(2)9-8-11-17(21)26/h5-12,15,19,24H,1,13-14H2,2-4H3/t15?,19-,24-,26+/m0/s1. The van der Waals surface area contributed by atoms with E-state index in [1.807, 2.05) is 29.2 Å². The Hall–Kier alpha value is -3.28. The maximum Gasteiger partial charge on any atom is 0.261 e. The maximum atomic E-state index is 13.5. The number of fused-ring (bicyclic) bond motifs is 8. The van der Waals surface area contributed by atoms with Crippen molar-refractivity contribution in [2.24, 2.45) is 21.7 Å². The molecule has 1 aliphatic carbocycles. The topological polar surface area (TPSA) is 67.6 Å². The van der Waals surface area contributed by atoms with Crippen LogP contribution in [0, 0.1) is 16.7 Å². The summed E-state index contributed by atoms with van der Waals surface area (Å²) in [5, 5.41) is 0.547. The van der Waals surface area contributed by atoms with Crippen LogP contribution < -0.4 is 5.56 Å². The van der Waals surface area contributed by atoms with E-state index in [1.165, 1.54) is 5.57 Å². The SMILES string of the molecule is C=CC(C)(C)[C@@]12C[C@H]3c4nc5ccccc5c(=O)n4CC(=O)N3[C@@H]1N=C1C2=CC=CC1C. The van der Waals surface area contributed by atoms with Crippen LogP contribution in [0.1, 0.15) is 39.1 Å². The molecule has 2 aromatic rings. The van der Waals surface area contributed by atoms with Crippen molar-refractivity contribution in [2.75, 3.05) is 0 Å². The first-order valence-electron chi connectivity index (χ1n) is 11.2. The lowest BCUT2D eigenvalue weighted by Gasteiger charge is -2.44. The minimum Gasteiger partial charge on any atom is -0.308 e. The lowest BCUT2D eigenvalue weighted by atomic mass is 9.58. The van der Waals surface area contributed by atoms with Crippen molar-refractivity contribution in [3.05, 3.63) is 76.9 Å². The number of carbonyl (C=O) groups is 1. The van der Waals surface area contributed by atoms with Crippen molar-refractivity contribution in [2.45, 2.75) is 45.9 Å². The fraction of sp³-hybridized carbons (Fsp3) is 0.385. The zero-order chi connectivity index (χ0) is 22.4. The van der Waals surface area contributed by atoms with Gasteiger partial charge in [-0.15, -0.1) is 6.58 Å². The van der Waals surface area contributed by atoms with Crippen LogP contribution in [0.15, 0.2) is 70.5 Å². The van der Waals surface area contributed by atoms with Gasteiger partial charge in [0, 0.05) is 17.0 Å². The molecular weight excluding hydrogens is 400 g/mol. The summed E-state index contributed by atoms with van der Waals surface area (Å²) >= 11 is 0. The quantitative estimate of drug-likeness (QED) is 0.686. The monoisotopic (exact) mass is 426 g/mol. The second-order valence-electron chi connectivity index (χ2n) is 9.94. The Labute approximate surface area is 186 Å². The van der Waals surface area contributed by atoms with Crippen LogP contribution >= 0.6 is 0 Å². The summed E-state index contributed by atoms with van der Waals surface area (Å²) in [5.74, 6) is 0.796. The molecule has 1 amide bonds. The zero-order valence-electron chi connectivity index (χ0n) is 18.6. The smallest absolute Gasteiger partial charge is 0.261 e. The molecule has 6 nitrogen and oxygen atoms in total. The number of hydrogen-bond donors (Lipinski definition) is 0. The van der Waals surface area contributed by atoms with Gasteiger partial charge in [-0.3, -0.25) is 19.1 Å². The highest BCUT2D eigenvalue weighted by molar-refractivity contribution is 6.07. The predicted molar refractivity (Wildman–Crippen MR) is 124 cm³/mol. The van der Waals surface area contributed by atoms with E-state index in [9.17, 15) is 9.59 Å². The van der Waals surface area contributed by atoms with Gasteiger partial charge in [0.2, 0.25) is 5.91 Å². The molecular formula is C26H26N4O2. The molecule has 4 heterocycles. The highest BCUT2D eigenvalue weighted by Gasteiger charge is 2.67. The summed E-state index contributed by atoms with van der Waals surface area (Å²) in [4.78, 5) is 38.7. The van der Waals surface area contributed by atoms with Crippen molar-refractivity contribution in [1.82, 2.24) is 14.5 Å². The van der Waals surface area contributed by atoms with Crippen LogP contribution in [0.4, 0.5) is 0 Å². The highest BCUT2D eigenvalue weighted by atomic mass is 16.2. The average Bonchev–Trinajstić information content (AvgIpc) is 3.30. The predicted octanol–water partition coefficient (Wildman–Crippen LogP) is 3.80. The number of amides is 1. The normalized spacial score (nSPS) is 30.4. The van der Waals surface area contributed by atoms with Gasteiger partial charge in [-0.05, 0) is 29.5 Å². The van der Waals surface area contributed by atoms with Crippen molar-refractivity contribution in [1.29, 1.82) is 0 Å². The maximum absolute atomic E-state index is 13.5. The summed E-state index contributed by atoms with van der Waals surface area (Å²) in [6, 6.07) is 7.06. The molecule has 1 fully saturated rings.